The molecule has 0 aliphatic carbocycles. The SMILES string of the molecule is CC1(C)CC(Oc2ccc(-c3ccc(-c4cn[nH]c4)cc3)nn2)CC(C)(C)N1.COc1nc(-c2cn[nH]c2)ccc1-c1ccc(N(C)C2CC(C)(C)NC(C)(C)C2)nn1. The van der Waals surface area contributed by atoms with Crippen molar-refractivity contribution in [2.75, 3.05) is 19.1 Å². The molecule has 0 spiro atoms. The van der Waals surface area contributed by atoms with E-state index in [1.54, 1.807) is 19.5 Å². The molecule has 6 aromatic rings. The van der Waals surface area contributed by atoms with Crippen LogP contribution in [-0.4, -0.2) is 94.2 Å². The van der Waals surface area contributed by atoms with Crippen LogP contribution in [0.5, 0.6) is 11.8 Å². The first-order chi connectivity index (χ1) is 28.0. The van der Waals surface area contributed by atoms with Gasteiger partial charge in [0.2, 0.25) is 11.8 Å². The molecule has 2 fully saturated rings. The van der Waals surface area contributed by atoms with Crippen LogP contribution in [0, 0.1) is 0 Å². The van der Waals surface area contributed by atoms with Gasteiger partial charge in [0, 0.05) is 83.2 Å². The van der Waals surface area contributed by atoms with Gasteiger partial charge >= 0.3 is 0 Å². The summed E-state index contributed by atoms with van der Waals surface area (Å²) in [5, 5.41) is 38.7. The number of H-pyrrole nitrogens is 2. The molecule has 7 heterocycles. The average Bonchev–Trinajstić information content (AvgIpc) is 3.92. The first-order valence-corrected chi connectivity index (χ1v) is 20.3. The maximum atomic E-state index is 6.16. The molecule has 0 saturated carbocycles. The Morgan fingerprint density at radius 2 is 1.14 bits per heavy atom. The maximum Gasteiger partial charge on any atom is 0.233 e. The van der Waals surface area contributed by atoms with E-state index in [-0.39, 0.29) is 28.3 Å². The number of ether oxygens (including phenoxy) is 2. The summed E-state index contributed by atoms with van der Waals surface area (Å²) in [6.07, 6.45) is 11.3. The fraction of sp³-hybridized carbons (Fsp3) is 0.444. The summed E-state index contributed by atoms with van der Waals surface area (Å²) in [4.78, 5) is 6.85. The fourth-order valence-corrected chi connectivity index (χ4v) is 8.99. The number of anilines is 1. The highest BCUT2D eigenvalue weighted by atomic mass is 16.5. The third-order valence-electron chi connectivity index (χ3n) is 10.9. The van der Waals surface area contributed by atoms with Crippen LogP contribution in [0.15, 0.2) is 85.5 Å². The number of hydrogen-bond acceptors (Lipinski definition) is 12. The van der Waals surface area contributed by atoms with E-state index in [0.717, 1.165) is 76.4 Å². The lowest BCUT2D eigenvalue weighted by Gasteiger charge is -2.49. The van der Waals surface area contributed by atoms with Crippen LogP contribution in [0.1, 0.15) is 81.1 Å². The third-order valence-corrected chi connectivity index (χ3v) is 10.9. The standard InChI is InChI=1S/C23H31N7O.C22H27N5O/c1-22(2)11-16(12-23(3,4)29-22)30(5)20-10-9-19(27-28-20)17-7-8-18(26-21(17)31-6)15-13-24-25-14-15;1-21(2)11-18(12-22(3,4)27-21)28-20-10-9-19(25-26-20)16-7-5-15(6-8-16)17-13-23-24-14-17/h7-10,13-14,16,29H,11-12H2,1-6H3,(H,24,25);5-10,13-14,18,27H,11-12H2,1-4H3,(H,23,24). The summed E-state index contributed by atoms with van der Waals surface area (Å²) >= 11 is 0. The number of aromatic nitrogens is 9. The summed E-state index contributed by atoms with van der Waals surface area (Å²) in [6.45, 7) is 17.9. The molecule has 4 N–H and O–H groups in total. The summed E-state index contributed by atoms with van der Waals surface area (Å²) in [5.41, 5.74) is 7.48. The van der Waals surface area contributed by atoms with Crippen molar-refractivity contribution in [2.24, 2.45) is 0 Å². The Hall–Kier alpha value is -5.73. The molecular formula is C45H58N12O2. The van der Waals surface area contributed by atoms with Crippen molar-refractivity contribution < 1.29 is 9.47 Å². The average molecular weight is 799 g/mol. The molecule has 2 saturated heterocycles. The highest BCUT2D eigenvalue weighted by Crippen LogP contribution is 2.35. The molecule has 0 radical (unpaired) electrons. The second kappa shape index (κ2) is 16.5. The second-order valence-corrected chi connectivity index (χ2v) is 18.4. The van der Waals surface area contributed by atoms with E-state index in [2.05, 4.69) is 136 Å². The number of pyridine rings is 1. The number of methoxy groups -OCH3 is 1. The van der Waals surface area contributed by atoms with Gasteiger partial charge in [0.15, 0.2) is 5.82 Å². The van der Waals surface area contributed by atoms with Crippen LogP contribution in [0.3, 0.4) is 0 Å². The van der Waals surface area contributed by atoms with E-state index < -0.39 is 0 Å². The van der Waals surface area contributed by atoms with Crippen molar-refractivity contribution in [2.45, 2.75) is 115 Å². The quantitative estimate of drug-likeness (QED) is 0.112. The minimum atomic E-state index is 0.0382. The minimum absolute atomic E-state index is 0.0382. The Balaban J connectivity index is 0.000000180. The first kappa shape index (κ1) is 41.4. The monoisotopic (exact) mass is 798 g/mol. The van der Waals surface area contributed by atoms with E-state index >= 15 is 0 Å². The molecule has 14 nitrogen and oxygen atoms in total. The van der Waals surface area contributed by atoms with E-state index in [1.165, 1.54) is 0 Å². The summed E-state index contributed by atoms with van der Waals surface area (Å²) in [5.74, 6) is 1.96. The topological polar surface area (TPSA) is 168 Å². The highest BCUT2D eigenvalue weighted by Gasteiger charge is 2.40. The zero-order chi connectivity index (χ0) is 42.0. The van der Waals surface area contributed by atoms with Crippen LogP contribution in [0.4, 0.5) is 5.82 Å². The van der Waals surface area contributed by atoms with Gasteiger partial charge in [-0.15, -0.1) is 20.4 Å². The summed E-state index contributed by atoms with van der Waals surface area (Å²) in [6, 6.07) is 20.4. The largest absolute Gasteiger partial charge is 0.480 e. The van der Waals surface area contributed by atoms with Gasteiger partial charge in [0.25, 0.3) is 0 Å². The van der Waals surface area contributed by atoms with Gasteiger partial charge in [0.05, 0.1) is 42.1 Å². The van der Waals surface area contributed by atoms with Gasteiger partial charge in [-0.05, 0) is 104 Å². The number of nitrogens with zero attached hydrogens (tertiary/aromatic N) is 8. The molecular weight excluding hydrogens is 741 g/mol. The molecule has 5 aromatic heterocycles. The maximum absolute atomic E-state index is 6.16. The Morgan fingerprint density at radius 3 is 1.68 bits per heavy atom. The number of aromatic amines is 2. The zero-order valence-corrected chi connectivity index (χ0v) is 36.0. The lowest BCUT2D eigenvalue weighted by atomic mass is 9.79. The smallest absolute Gasteiger partial charge is 0.233 e. The van der Waals surface area contributed by atoms with Gasteiger partial charge in [-0.25, -0.2) is 4.98 Å². The Labute approximate surface area is 347 Å². The number of piperidine rings is 2. The lowest BCUT2D eigenvalue weighted by Crippen LogP contribution is -2.62. The lowest BCUT2D eigenvalue weighted by molar-refractivity contribution is 0.0524. The molecule has 310 valence electrons. The molecule has 0 atom stereocenters. The van der Waals surface area contributed by atoms with Crippen LogP contribution in [0.2, 0.25) is 0 Å². The molecule has 59 heavy (non-hydrogen) atoms. The van der Waals surface area contributed by atoms with Crippen molar-refractivity contribution in [1.29, 1.82) is 0 Å². The molecule has 1 aromatic carbocycles. The van der Waals surface area contributed by atoms with Gasteiger partial charge in [-0.2, -0.15) is 10.2 Å². The van der Waals surface area contributed by atoms with Gasteiger partial charge in [-0.3, -0.25) is 10.2 Å². The summed E-state index contributed by atoms with van der Waals surface area (Å²) < 4.78 is 11.7. The van der Waals surface area contributed by atoms with E-state index in [4.69, 9.17) is 9.47 Å². The third kappa shape index (κ3) is 10.3. The number of nitrogens with one attached hydrogen (secondary N) is 4. The molecule has 0 bridgehead atoms. The molecule has 14 heteroatoms. The van der Waals surface area contributed by atoms with Crippen LogP contribution in [0.25, 0.3) is 44.9 Å². The van der Waals surface area contributed by atoms with Crippen LogP contribution < -0.4 is 25.0 Å². The van der Waals surface area contributed by atoms with Crippen LogP contribution >= 0.6 is 0 Å². The highest BCUT2D eigenvalue weighted by molar-refractivity contribution is 5.70. The van der Waals surface area contributed by atoms with E-state index in [0.29, 0.717) is 17.8 Å². The predicted molar refractivity (Wildman–Crippen MR) is 232 cm³/mol. The van der Waals surface area contributed by atoms with Crippen molar-refractivity contribution in [3.63, 3.8) is 0 Å². The van der Waals surface area contributed by atoms with Crippen molar-refractivity contribution in [3.8, 4) is 56.7 Å². The summed E-state index contributed by atoms with van der Waals surface area (Å²) in [7, 11) is 3.72. The minimum Gasteiger partial charge on any atom is -0.480 e. The van der Waals surface area contributed by atoms with Gasteiger partial charge < -0.3 is 25.0 Å². The number of benzene rings is 1. The first-order valence-electron chi connectivity index (χ1n) is 20.3. The molecule has 0 amide bonds. The van der Waals surface area contributed by atoms with Gasteiger partial charge in [0.1, 0.15) is 6.10 Å². The Bertz CT molecular complexity index is 2240. The Morgan fingerprint density at radius 1 is 0.576 bits per heavy atom. The second-order valence-electron chi connectivity index (χ2n) is 18.4. The molecule has 0 unspecified atom stereocenters. The van der Waals surface area contributed by atoms with E-state index in [1.807, 2.05) is 60.9 Å². The number of rotatable bonds is 9. The fourth-order valence-electron chi connectivity index (χ4n) is 8.99. The molecule has 2 aliphatic rings. The van der Waals surface area contributed by atoms with Crippen molar-refractivity contribution in [1.82, 2.24) is 56.4 Å². The number of hydrogen-bond donors (Lipinski definition) is 4. The van der Waals surface area contributed by atoms with Gasteiger partial charge in [-0.1, -0.05) is 24.3 Å². The van der Waals surface area contributed by atoms with Crippen molar-refractivity contribution >= 4 is 5.82 Å². The molecule has 8 rings (SSSR count). The van der Waals surface area contributed by atoms with Crippen molar-refractivity contribution in [3.05, 3.63) is 85.5 Å². The van der Waals surface area contributed by atoms with Crippen LogP contribution in [-0.2, 0) is 0 Å². The predicted octanol–water partition coefficient (Wildman–Crippen LogP) is 7.90. The normalized spacial score (nSPS) is 18.3. The van der Waals surface area contributed by atoms with E-state index in [9.17, 15) is 0 Å². The zero-order valence-electron chi connectivity index (χ0n) is 36.0. The molecule has 2 aliphatic heterocycles. The Kier molecular flexibility index (Phi) is 11.6.